The van der Waals surface area contributed by atoms with Gasteiger partial charge in [0.1, 0.15) is 0 Å². The van der Waals surface area contributed by atoms with Gasteiger partial charge in [-0.15, -0.1) is 12.4 Å². The molecular formula is C13H27ClN2O. The van der Waals surface area contributed by atoms with Crippen molar-refractivity contribution >= 4 is 18.3 Å². The largest absolute Gasteiger partial charge is 0.353 e. The normalized spacial score (nSPS) is 18.1. The van der Waals surface area contributed by atoms with Crippen molar-refractivity contribution < 1.29 is 4.79 Å². The predicted octanol–water partition coefficient (Wildman–Crippen LogP) is 2.35. The van der Waals surface area contributed by atoms with E-state index >= 15 is 0 Å². The predicted molar refractivity (Wildman–Crippen MR) is 74.5 cm³/mol. The molecule has 1 amide bonds. The van der Waals surface area contributed by atoms with Gasteiger partial charge in [0.15, 0.2) is 0 Å². The smallest absolute Gasteiger partial charge is 0.234 e. The van der Waals surface area contributed by atoms with Gasteiger partial charge in [0.2, 0.25) is 5.91 Å². The maximum atomic E-state index is 11.6. The molecule has 0 aromatic rings. The van der Waals surface area contributed by atoms with Crippen LogP contribution < -0.4 is 10.6 Å². The average Bonchev–Trinajstić information content (AvgIpc) is 3.01. The maximum absolute atomic E-state index is 11.6. The lowest BCUT2D eigenvalue weighted by Gasteiger charge is -2.17. The first-order valence-electron chi connectivity index (χ1n) is 6.61. The second-order valence-electron chi connectivity index (χ2n) is 5.29. The number of nitrogens with one attached hydrogen (secondary N) is 2. The van der Waals surface area contributed by atoms with Crippen molar-refractivity contribution in [1.82, 2.24) is 10.6 Å². The SMILES string of the molecule is CCC(C)CC(C)NC(=O)CNCC1CC1.Cl. The minimum absolute atomic E-state index is 0. The summed E-state index contributed by atoms with van der Waals surface area (Å²) in [7, 11) is 0. The number of halogens is 1. The lowest BCUT2D eigenvalue weighted by Crippen LogP contribution is -2.40. The lowest BCUT2D eigenvalue weighted by atomic mass is 10.0. The van der Waals surface area contributed by atoms with E-state index in [1.807, 2.05) is 0 Å². The standard InChI is InChI=1S/C13H26N2O.ClH/c1-4-10(2)7-11(3)15-13(16)9-14-8-12-5-6-12;/h10-12,14H,4-9H2,1-3H3,(H,15,16);1H. The van der Waals surface area contributed by atoms with Crippen molar-refractivity contribution in [3.05, 3.63) is 0 Å². The fourth-order valence-electron chi connectivity index (χ4n) is 1.87. The Bertz CT molecular complexity index is 219. The fraction of sp³-hybridized carbons (Fsp3) is 0.923. The number of hydrogen-bond donors (Lipinski definition) is 2. The van der Waals surface area contributed by atoms with Crippen molar-refractivity contribution in [3.8, 4) is 0 Å². The van der Waals surface area contributed by atoms with Crippen LogP contribution in [0.5, 0.6) is 0 Å². The van der Waals surface area contributed by atoms with E-state index in [2.05, 4.69) is 31.4 Å². The van der Waals surface area contributed by atoms with E-state index in [9.17, 15) is 4.79 Å². The van der Waals surface area contributed by atoms with Crippen LogP contribution in [0.4, 0.5) is 0 Å². The Morgan fingerprint density at radius 1 is 1.35 bits per heavy atom. The molecule has 0 saturated heterocycles. The highest BCUT2D eigenvalue weighted by Gasteiger charge is 2.20. The van der Waals surface area contributed by atoms with Crippen LogP contribution in [0.3, 0.4) is 0 Å². The van der Waals surface area contributed by atoms with E-state index in [1.165, 1.54) is 19.3 Å². The molecule has 0 aliphatic heterocycles. The summed E-state index contributed by atoms with van der Waals surface area (Å²) in [4.78, 5) is 11.6. The van der Waals surface area contributed by atoms with Gasteiger partial charge >= 0.3 is 0 Å². The first-order valence-corrected chi connectivity index (χ1v) is 6.61. The molecule has 1 rings (SSSR count). The van der Waals surface area contributed by atoms with Gasteiger partial charge in [-0.05, 0) is 44.6 Å². The topological polar surface area (TPSA) is 41.1 Å². The van der Waals surface area contributed by atoms with Crippen LogP contribution in [0.15, 0.2) is 0 Å². The zero-order chi connectivity index (χ0) is 12.0. The second-order valence-corrected chi connectivity index (χ2v) is 5.29. The molecule has 0 aromatic heterocycles. The van der Waals surface area contributed by atoms with E-state index in [-0.39, 0.29) is 18.3 Å². The summed E-state index contributed by atoms with van der Waals surface area (Å²) in [5.41, 5.74) is 0. The van der Waals surface area contributed by atoms with Gasteiger partial charge in [-0.1, -0.05) is 20.3 Å². The third-order valence-electron chi connectivity index (χ3n) is 3.28. The van der Waals surface area contributed by atoms with Gasteiger partial charge in [0.05, 0.1) is 6.54 Å². The molecule has 1 saturated carbocycles. The number of carbonyl (C=O) groups excluding carboxylic acids is 1. The molecule has 2 unspecified atom stereocenters. The molecule has 1 aliphatic rings. The molecule has 0 aromatic carbocycles. The van der Waals surface area contributed by atoms with Gasteiger partial charge in [0, 0.05) is 6.04 Å². The monoisotopic (exact) mass is 262 g/mol. The highest BCUT2D eigenvalue weighted by Crippen LogP contribution is 2.27. The Morgan fingerprint density at radius 3 is 2.53 bits per heavy atom. The number of carbonyl (C=O) groups is 1. The summed E-state index contributed by atoms with van der Waals surface area (Å²) in [6.07, 6.45) is 4.92. The Balaban J connectivity index is 0.00000256. The van der Waals surface area contributed by atoms with Crippen LogP contribution >= 0.6 is 12.4 Å². The number of rotatable bonds is 8. The molecule has 0 bridgehead atoms. The van der Waals surface area contributed by atoms with Crippen LogP contribution in [0.25, 0.3) is 0 Å². The molecule has 4 heteroatoms. The van der Waals surface area contributed by atoms with Crippen molar-refractivity contribution in [1.29, 1.82) is 0 Å². The van der Waals surface area contributed by atoms with Crippen LogP contribution in [-0.4, -0.2) is 25.0 Å². The van der Waals surface area contributed by atoms with Crippen LogP contribution in [0, 0.1) is 11.8 Å². The summed E-state index contributed by atoms with van der Waals surface area (Å²) >= 11 is 0. The molecule has 2 atom stereocenters. The average molecular weight is 263 g/mol. The number of amides is 1. The first-order chi connectivity index (χ1) is 7.61. The molecule has 1 fully saturated rings. The molecule has 2 N–H and O–H groups in total. The molecular weight excluding hydrogens is 236 g/mol. The van der Waals surface area contributed by atoms with Gasteiger partial charge < -0.3 is 10.6 Å². The third kappa shape index (κ3) is 8.44. The molecule has 17 heavy (non-hydrogen) atoms. The molecule has 102 valence electrons. The quantitative estimate of drug-likeness (QED) is 0.705. The van der Waals surface area contributed by atoms with Gasteiger partial charge in [-0.25, -0.2) is 0 Å². The van der Waals surface area contributed by atoms with Gasteiger partial charge in [-0.3, -0.25) is 4.79 Å². The molecule has 0 heterocycles. The first kappa shape index (κ1) is 16.7. The Labute approximate surface area is 112 Å². The van der Waals surface area contributed by atoms with Crippen molar-refractivity contribution in [3.63, 3.8) is 0 Å². The van der Waals surface area contributed by atoms with E-state index in [0.717, 1.165) is 18.9 Å². The van der Waals surface area contributed by atoms with Crippen LogP contribution in [-0.2, 0) is 4.79 Å². The minimum atomic E-state index is 0. The van der Waals surface area contributed by atoms with Crippen LogP contribution in [0.1, 0.15) is 46.5 Å². The summed E-state index contributed by atoms with van der Waals surface area (Å²) < 4.78 is 0. The zero-order valence-electron chi connectivity index (χ0n) is 11.3. The highest BCUT2D eigenvalue weighted by molar-refractivity contribution is 5.85. The van der Waals surface area contributed by atoms with Crippen molar-refractivity contribution in [2.45, 2.75) is 52.5 Å². The Kier molecular flexibility index (Phi) is 8.61. The number of hydrogen-bond acceptors (Lipinski definition) is 2. The van der Waals surface area contributed by atoms with E-state index in [4.69, 9.17) is 0 Å². The molecule has 0 spiro atoms. The zero-order valence-corrected chi connectivity index (χ0v) is 12.1. The summed E-state index contributed by atoms with van der Waals surface area (Å²) in [6, 6.07) is 0.296. The molecule has 0 radical (unpaired) electrons. The van der Waals surface area contributed by atoms with Crippen molar-refractivity contribution in [2.75, 3.05) is 13.1 Å². The summed E-state index contributed by atoms with van der Waals surface area (Å²) in [5.74, 6) is 1.66. The Morgan fingerprint density at radius 2 is 2.00 bits per heavy atom. The van der Waals surface area contributed by atoms with Gasteiger partial charge in [-0.2, -0.15) is 0 Å². The molecule has 3 nitrogen and oxygen atoms in total. The van der Waals surface area contributed by atoms with E-state index < -0.39 is 0 Å². The van der Waals surface area contributed by atoms with Crippen LogP contribution in [0.2, 0.25) is 0 Å². The molecule has 1 aliphatic carbocycles. The van der Waals surface area contributed by atoms with E-state index in [0.29, 0.717) is 18.5 Å². The van der Waals surface area contributed by atoms with Gasteiger partial charge in [0.25, 0.3) is 0 Å². The maximum Gasteiger partial charge on any atom is 0.234 e. The summed E-state index contributed by atoms with van der Waals surface area (Å²) in [5, 5.41) is 6.25. The fourth-order valence-corrected chi connectivity index (χ4v) is 1.87. The summed E-state index contributed by atoms with van der Waals surface area (Å²) in [6.45, 7) is 7.99. The lowest BCUT2D eigenvalue weighted by molar-refractivity contribution is -0.120. The third-order valence-corrected chi connectivity index (χ3v) is 3.28. The minimum Gasteiger partial charge on any atom is -0.353 e. The van der Waals surface area contributed by atoms with Crippen molar-refractivity contribution in [2.24, 2.45) is 11.8 Å². The second kappa shape index (κ2) is 8.76. The van der Waals surface area contributed by atoms with E-state index in [1.54, 1.807) is 0 Å². The highest BCUT2D eigenvalue weighted by atomic mass is 35.5. The Hall–Kier alpha value is -0.280.